The number of hydrogen-bond acceptors (Lipinski definition) is 2. The van der Waals surface area contributed by atoms with Gasteiger partial charge in [-0.1, -0.05) is 29.3 Å². The summed E-state index contributed by atoms with van der Waals surface area (Å²) in [4.78, 5) is 0. The third kappa shape index (κ3) is 5.12. The standard InChI is InChI=1S/C11H15Cl2NS/c1-11(2,14)7-15-6-8-3-4-9(12)10(13)5-8/h3-5H,6-7,14H2,1-2H3. The average molecular weight is 264 g/mol. The van der Waals surface area contributed by atoms with Crippen LogP contribution < -0.4 is 5.73 Å². The lowest BCUT2D eigenvalue weighted by Crippen LogP contribution is -2.34. The van der Waals surface area contributed by atoms with E-state index in [4.69, 9.17) is 28.9 Å². The topological polar surface area (TPSA) is 26.0 Å². The summed E-state index contributed by atoms with van der Waals surface area (Å²) in [5.41, 5.74) is 6.94. The van der Waals surface area contributed by atoms with Crippen LogP contribution in [-0.4, -0.2) is 11.3 Å². The van der Waals surface area contributed by atoms with Gasteiger partial charge >= 0.3 is 0 Å². The van der Waals surface area contributed by atoms with Crippen molar-refractivity contribution in [2.24, 2.45) is 5.73 Å². The molecule has 0 radical (unpaired) electrons. The molecule has 1 aromatic rings. The SMILES string of the molecule is CC(C)(N)CSCc1ccc(Cl)c(Cl)c1. The first-order valence-corrected chi connectivity index (χ1v) is 6.60. The molecule has 0 bridgehead atoms. The van der Waals surface area contributed by atoms with E-state index in [2.05, 4.69) is 0 Å². The molecule has 0 spiro atoms. The number of thioether (sulfide) groups is 1. The molecule has 0 aliphatic rings. The Kier molecular flexibility index (Phi) is 4.78. The Labute approximate surface area is 105 Å². The number of rotatable bonds is 4. The van der Waals surface area contributed by atoms with Crippen LogP contribution >= 0.6 is 35.0 Å². The van der Waals surface area contributed by atoms with Crippen molar-refractivity contribution in [3.63, 3.8) is 0 Å². The van der Waals surface area contributed by atoms with Crippen molar-refractivity contribution in [2.75, 3.05) is 5.75 Å². The monoisotopic (exact) mass is 263 g/mol. The molecule has 0 aliphatic carbocycles. The molecular weight excluding hydrogens is 249 g/mol. The number of nitrogens with two attached hydrogens (primary N) is 1. The second-order valence-corrected chi connectivity index (χ2v) is 6.03. The van der Waals surface area contributed by atoms with Gasteiger partial charge in [0, 0.05) is 17.0 Å². The molecule has 1 aromatic carbocycles. The minimum Gasteiger partial charge on any atom is -0.325 e. The molecule has 0 fully saturated rings. The second-order valence-electron chi connectivity index (χ2n) is 4.23. The number of hydrogen-bond donors (Lipinski definition) is 1. The van der Waals surface area contributed by atoms with Gasteiger partial charge in [-0.3, -0.25) is 0 Å². The van der Waals surface area contributed by atoms with Gasteiger partial charge in [-0.05, 0) is 31.5 Å². The minimum atomic E-state index is -0.124. The van der Waals surface area contributed by atoms with Crippen molar-refractivity contribution in [3.8, 4) is 0 Å². The molecule has 0 atom stereocenters. The zero-order chi connectivity index (χ0) is 11.5. The largest absolute Gasteiger partial charge is 0.325 e. The van der Waals surface area contributed by atoms with Gasteiger partial charge in [0.2, 0.25) is 0 Å². The van der Waals surface area contributed by atoms with E-state index in [1.807, 2.05) is 32.0 Å². The van der Waals surface area contributed by atoms with Crippen LogP contribution in [0.1, 0.15) is 19.4 Å². The Morgan fingerprint density at radius 1 is 1.27 bits per heavy atom. The summed E-state index contributed by atoms with van der Waals surface area (Å²) in [5.74, 6) is 1.84. The maximum absolute atomic E-state index is 5.92. The van der Waals surface area contributed by atoms with Crippen molar-refractivity contribution in [1.82, 2.24) is 0 Å². The Morgan fingerprint density at radius 2 is 1.93 bits per heavy atom. The highest BCUT2D eigenvalue weighted by molar-refractivity contribution is 7.98. The molecule has 15 heavy (non-hydrogen) atoms. The van der Waals surface area contributed by atoms with Crippen LogP contribution in [0.15, 0.2) is 18.2 Å². The van der Waals surface area contributed by atoms with Crippen LogP contribution in [0.25, 0.3) is 0 Å². The van der Waals surface area contributed by atoms with Gasteiger partial charge in [-0.15, -0.1) is 0 Å². The summed E-state index contributed by atoms with van der Waals surface area (Å²) < 4.78 is 0. The van der Waals surface area contributed by atoms with Crippen molar-refractivity contribution in [2.45, 2.75) is 25.1 Å². The van der Waals surface area contributed by atoms with Gasteiger partial charge < -0.3 is 5.73 Å². The molecule has 84 valence electrons. The number of halogens is 2. The molecule has 0 saturated heterocycles. The van der Waals surface area contributed by atoms with Gasteiger partial charge in [0.25, 0.3) is 0 Å². The lowest BCUT2D eigenvalue weighted by Gasteiger charge is -2.17. The molecule has 0 amide bonds. The molecule has 4 heteroatoms. The summed E-state index contributed by atoms with van der Waals surface area (Å²) in [6.45, 7) is 4.05. The predicted octanol–water partition coefficient (Wildman–Crippen LogP) is 3.96. The molecule has 1 nitrogen and oxygen atoms in total. The van der Waals surface area contributed by atoms with E-state index in [-0.39, 0.29) is 5.54 Å². The van der Waals surface area contributed by atoms with Crippen LogP contribution in [0, 0.1) is 0 Å². The van der Waals surface area contributed by atoms with E-state index < -0.39 is 0 Å². The highest BCUT2D eigenvalue weighted by Crippen LogP contribution is 2.25. The minimum absolute atomic E-state index is 0.124. The third-order valence-corrected chi connectivity index (χ3v) is 3.95. The van der Waals surface area contributed by atoms with E-state index in [1.165, 1.54) is 5.56 Å². The highest BCUT2D eigenvalue weighted by Gasteiger charge is 2.10. The van der Waals surface area contributed by atoms with E-state index in [9.17, 15) is 0 Å². The Morgan fingerprint density at radius 3 is 2.47 bits per heavy atom. The predicted molar refractivity (Wildman–Crippen MR) is 70.9 cm³/mol. The fourth-order valence-corrected chi connectivity index (χ4v) is 2.43. The summed E-state index contributed by atoms with van der Waals surface area (Å²) in [6.07, 6.45) is 0. The number of benzene rings is 1. The van der Waals surface area contributed by atoms with Crippen molar-refractivity contribution < 1.29 is 0 Å². The highest BCUT2D eigenvalue weighted by atomic mass is 35.5. The molecule has 0 aliphatic heterocycles. The molecular formula is C11H15Cl2NS. The Hall–Kier alpha value is 0.110. The smallest absolute Gasteiger partial charge is 0.0595 e. The maximum atomic E-state index is 5.92. The first-order valence-electron chi connectivity index (χ1n) is 4.69. The molecule has 0 unspecified atom stereocenters. The Bertz CT molecular complexity index is 334. The molecule has 0 heterocycles. The normalized spacial score (nSPS) is 11.8. The van der Waals surface area contributed by atoms with E-state index in [0.717, 1.165) is 11.5 Å². The summed E-state index contributed by atoms with van der Waals surface area (Å²) >= 11 is 13.5. The van der Waals surface area contributed by atoms with Crippen molar-refractivity contribution in [1.29, 1.82) is 0 Å². The van der Waals surface area contributed by atoms with Crippen molar-refractivity contribution in [3.05, 3.63) is 33.8 Å². The second kappa shape index (κ2) is 5.44. The fraction of sp³-hybridized carbons (Fsp3) is 0.455. The lowest BCUT2D eigenvalue weighted by atomic mass is 10.1. The zero-order valence-corrected chi connectivity index (χ0v) is 11.2. The zero-order valence-electron chi connectivity index (χ0n) is 8.89. The lowest BCUT2D eigenvalue weighted by molar-refractivity contribution is 0.591. The molecule has 1 rings (SSSR count). The third-order valence-electron chi connectivity index (χ3n) is 1.73. The van der Waals surface area contributed by atoms with Crippen LogP contribution in [-0.2, 0) is 5.75 Å². The van der Waals surface area contributed by atoms with Crippen LogP contribution in [0.4, 0.5) is 0 Å². The van der Waals surface area contributed by atoms with Crippen LogP contribution in [0.5, 0.6) is 0 Å². The van der Waals surface area contributed by atoms with Crippen LogP contribution in [0.2, 0.25) is 10.0 Å². The average Bonchev–Trinajstić information content (AvgIpc) is 2.09. The molecule has 0 aromatic heterocycles. The quantitative estimate of drug-likeness (QED) is 0.890. The van der Waals surface area contributed by atoms with E-state index >= 15 is 0 Å². The molecule has 2 N–H and O–H groups in total. The van der Waals surface area contributed by atoms with E-state index in [1.54, 1.807) is 11.8 Å². The summed E-state index contributed by atoms with van der Waals surface area (Å²) in [7, 11) is 0. The Balaban J connectivity index is 2.48. The van der Waals surface area contributed by atoms with Crippen LogP contribution in [0.3, 0.4) is 0 Å². The fourth-order valence-electron chi connectivity index (χ4n) is 1.06. The first kappa shape index (κ1) is 13.2. The van der Waals surface area contributed by atoms with Gasteiger partial charge in [0.1, 0.15) is 0 Å². The first-order chi connectivity index (χ1) is 6.88. The van der Waals surface area contributed by atoms with Gasteiger partial charge in [0.15, 0.2) is 0 Å². The maximum Gasteiger partial charge on any atom is 0.0595 e. The molecule has 0 saturated carbocycles. The van der Waals surface area contributed by atoms with Crippen molar-refractivity contribution >= 4 is 35.0 Å². The van der Waals surface area contributed by atoms with E-state index in [0.29, 0.717) is 10.0 Å². The van der Waals surface area contributed by atoms with Gasteiger partial charge in [0.05, 0.1) is 10.0 Å². The van der Waals surface area contributed by atoms with Gasteiger partial charge in [-0.2, -0.15) is 11.8 Å². The van der Waals surface area contributed by atoms with Gasteiger partial charge in [-0.25, -0.2) is 0 Å². The summed E-state index contributed by atoms with van der Waals surface area (Å²) in [6, 6.07) is 5.72. The summed E-state index contributed by atoms with van der Waals surface area (Å²) in [5, 5.41) is 1.21.